The maximum absolute atomic E-state index is 12.1. The average molecular weight is 311 g/mol. The van der Waals surface area contributed by atoms with Crippen molar-refractivity contribution in [3.8, 4) is 0 Å². The highest BCUT2D eigenvalue weighted by molar-refractivity contribution is 5.93. The molecule has 3 heterocycles. The van der Waals surface area contributed by atoms with Crippen molar-refractivity contribution in [2.24, 2.45) is 0 Å². The second-order valence-electron chi connectivity index (χ2n) is 5.68. The standard InChI is InChI=1S/C17H21N5O/c23-16(19-13-15-7-3-4-8-18-15)14-11-20-17(21-12-14)22-9-5-1-2-6-10-22/h3-4,7-8,11-12H,1-2,5-6,9-10,13H2,(H,19,23). The Kier molecular flexibility index (Phi) is 5.13. The summed E-state index contributed by atoms with van der Waals surface area (Å²) in [6, 6.07) is 5.62. The van der Waals surface area contributed by atoms with Gasteiger partial charge in [-0.05, 0) is 25.0 Å². The lowest BCUT2D eigenvalue weighted by Crippen LogP contribution is -2.27. The molecule has 0 saturated carbocycles. The van der Waals surface area contributed by atoms with Crippen molar-refractivity contribution in [2.45, 2.75) is 32.2 Å². The first-order chi connectivity index (χ1) is 11.3. The first-order valence-electron chi connectivity index (χ1n) is 8.08. The number of amides is 1. The van der Waals surface area contributed by atoms with Gasteiger partial charge in [-0.2, -0.15) is 0 Å². The Morgan fingerprint density at radius 2 is 1.78 bits per heavy atom. The van der Waals surface area contributed by atoms with Crippen LogP contribution >= 0.6 is 0 Å². The van der Waals surface area contributed by atoms with Gasteiger partial charge >= 0.3 is 0 Å². The molecule has 23 heavy (non-hydrogen) atoms. The maximum atomic E-state index is 12.1. The van der Waals surface area contributed by atoms with E-state index in [1.54, 1.807) is 18.6 Å². The summed E-state index contributed by atoms with van der Waals surface area (Å²) in [6.07, 6.45) is 9.79. The van der Waals surface area contributed by atoms with Gasteiger partial charge in [-0.1, -0.05) is 18.9 Å². The molecule has 0 aromatic carbocycles. The average Bonchev–Trinajstić information content (AvgIpc) is 2.90. The van der Waals surface area contributed by atoms with Gasteiger partial charge in [0.2, 0.25) is 5.95 Å². The Bertz CT molecular complexity index is 621. The Hall–Kier alpha value is -2.50. The third-order valence-electron chi connectivity index (χ3n) is 3.95. The van der Waals surface area contributed by atoms with Crippen LogP contribution in [0.3, 0.4) is 0 Å². The topological polar surface area (TPSA) is 71.0 Å². The molecular formula is C17H21N5O. The molecule has 120 valence electrons. The second-order valence-corrected chi connectivity index (χ2v) is 5.68. The third-order valence-corrected chi connectivity index (χ3v) is 3.95. The molecule has 0 atom stereocenters. The number of rotatable bonds is 4. The molecule has 6 nitrogen and oxygen atoms in total. The van der Waals surface area contributed by atoms with Crippen LogP contribution in [0.5, 0.6) is 0 Å². The van der Waals surface area contributed by atoms with Gasteiger partial charge in [-0.25, -0.2) is 9.97 Å². The molecule has 0 spiro atoms. The fourth-order valence-electron chi connectivity index (χ4n) is 2.65. The van der Waals surface area contributed by atoms with Crippen LogP contribution in [0.1, 0.15) is 41.7 Å². The molecule has 3 rings (SSSR count). The van der Waals surface area contributed by atoms with Gasteiger partial charge in [-0.15, -0.1) is 0 Å². The van der Waals surface area contributed by atoms with Gasteiger partial charge in [0.05, 0.1) is 17.8 Å². The third kappa shape index (κ3) is 4.25. The monoisotopic (exact) mass is 311 g/mol. The van der Waals surface area contributed by atoms with E-state index in [0.29, 0.717) is 18.1 Å². The Balaban J connectivity index is 1.58. The zero-order chi connectivity index (χ0) is 15.9. The molecule has 0 radical (unpaired) electrons. The van der Waals surface area contributed by atoms with E-state index >= 15 is 0 Å². The Morgan fingerprint density at radius 1 is 1.04 bits per heavy atom. The largest absolute Gasteiger partial charge is 0.346 e. The van der Waals surface area contributed by atoms with Crippen LogP contribution in [0, 0.1) is 0 Å². The van der Waals surface area contributed by atoms with E-state index in [0.717, 1.165) is 18.8 Å². The van der Waals surface area contributed by atoms with Crippen molar-refractivity contribution < 1.29 is 4.79 Å². The highest BCUT2D eigenvalue weighted by Crippen LogP contribution is 2.15. The summed E-state index contributed by atoms with van der Waals surface area (Å²) in [7, 11) is 0. The van der Waals surface area contributed by atoms with Crippen LogP contribution in [0.2, 0.25) is 0 Å². The molecule has 1 aliphatic rings. The number of carbonyl (C=O) groups excluding carboxylic acids is 1. The molecule has 0 bridgehead atoms. The lowest BCUT2D eigenvalue weighted by Gasteiger charge is -2.19. The van der Waals surface area contributed by atoms with E-state index in [2.05, 4.69) is 25.2 Å². The summed E-state index contributed by atoms with van der Waals surface area (Å²) in [5, 5.41) is 2.83. The highest BCUT2D eigenvalue weighted by Gasteiger charge is 2.13. The quantitative estimate of drug-likeness (QED) is 0.937. The van der Waals surface area contributed by atoms with E-state index in [4.69, 9.17) is 0 Å². The fourth-order valence-corrected chi connectivity index (χ4v) is 2.65. The van der Waals surface area contributed by atoms with Crippen molar-refractivity contribution in [2.75, 3.05) is 18.0 Å². The molecule has 1 aliphatic heterocycles. The first-order valence-corrected chi connectivity index (χ1v) is 8.08. The molecule has 2 aromatic heterocycles. The lowest BCUT2D eigenvalue weighted by molar-refractivity contribution is 0.0949. The Labute approximate surface area is 136 Å². The van der Waals surface area contributed by atoms with Crippen molar-refractivity contribution in [3.63, 3.8) is 0 Å². The molecule has 0 unspecified atom stereocenters. The van der Waals surface area contributed by atoms with E-state index in [1.165, 1.54) is 25.7 Å². The minimum Gasteiger partial charge on any atom is -0.346 e. The van der Waals surface area contributed by atoms with E-state index in [-0.39, 0.29) is 5.91 Å². The van der Waals surface area contributed by atoms with Crippen LogP contribution in [0.15, 0.2) is 36.8 Å². The number of aromatic nitrogens is 3. The van der Waals surface area contributed by atoms with Crippen LogP contribution in [-0.2, 0) is 6.54 Å². The molecular weight excluding hydrogens is 290 g/mol. The van der Waals surface area contributed by atoms with Gasteiger partial charge in [-0.3, -0.25) is 9.78 Å². The van der Waals surface area contributed by atoms with Crippen LogP contribution < -0.4 is 10.2 Å². The zero-order valence-corrected chi connectivity index (χ0v) is 13.1. The summed E-state index contributed by atoms with van der Waals surface area (Å²) < 4.78 is 0. The minimum absolute atomic E-state index is 0.182. The minimum atomic E-state index is -0.182. The van der Waals surface area contributed by atoms with Gasteiger partial charge in [0.15, 0.2) is 0 Å². The molecule has 0 aliphatic carbocycles. The summed E-state index contributed by atoms with van der Waals surface area (Å²) in [5.41, 5.74) is 1.29. The second kappa shape index (κ2) is 7.67. The van der Waals surface area contributed by atoms with Gasteiger partial charge < -0.3 is 10.2 Å². The number of nitrogens with one attached hydrogen (secondary N) is 1. The van der Waals surface area contributed by atoms with Gasteiger partial charge in [0.25, 0.3) is 5.91 Å². The number of hydrogen-bond acceptors (Lipinski definition) is 5. The van der Waals surface area contributed by atoms with Crippen molar-refractivity contribution in [1.29, 1.82) is 0 Å². The van der Waals surface area contributed by atoms with Crippen LogP contribution in [-0.4, -0.2) is 33.9 Å². The summed E-state index contributed by atoms with van der Waals surface area (Å²) >= 11 is 0. The fraction of sp³-hybridized carbons (Fsp3) is 0.412. The van der Waals surface area contributed by atoms with E-state index < -0.39 is 0 Å². The Morgan fingerprint density at radius 3 is 2.43 bits per heavy atom. The molecule has 1 amide bonds. The number of anilines is 1. The molecule has 1 fully saturated rings. The lowest BCUT2D eigenvalue weighted by atomic mass is 10.2. The normalized spacial score (nSPS) is 15.0. The van der Waals surface area contributed by atoms with Crippen molar-refractivity contribution in [1.82, 2.24) is 20.3 Å². The number of pyridine rings is 1. The number of hydrogen-bond donors (Lipinski definition) is 1. The predicted molar refractivity (Wildman–Crippen MR) is 88.1 cm³/mol. The van der Waals surface area contributed by atoms with Gasteiger partial charge in [0, 0.05) is 31.7 Å². The first kappa shape index (κ1) is 15.4. The van der Waals surface area contributed by atoms with Crippen LogP contribution in [0.4, 0.5) is 5.95 Å². The zero-order valence-electron chi connectivity index (χ0n) is 13.1. The summed E-state index contributed by atoms with van der Waals surface area (Å²) in [4.78, 5) is 27.2. The molecule has 2 aromatic rings. The summed E-state index contributed by atoms with van der Waals surface area (Å²) in [5.74, 6) is 0.534. The summed E-state index contributed by atoms with van der Waals surface area (Å²) in [6.45, 7) is 2.38. The molecule has 1 saturated heterocycles. The predicted octanol–water partition coefficient (Wildman–Crippen LogP) is 2.18. The van der Waals surface area contributed by atoms with Crippen molar-refractivity contribution >= 4 is 11.9 Å². The number of nitrogens with zero attached hydrogens (tertiary/aromatic N) is 4. The number of carbonyl (C=O) groups is 1. The van der Waals surface area contributed by atoms with E-state index in [1.807, 2.05) is 18.2 Å². The van der Waals surface area contributed by atoms with Crippen molar-refractivity contribution in [3.05, 3.63) is 48.0 Å². The SMILES string of the molecule is O=C(NCc1ccccn1)c1cnc(N2CCCCCC2)nc1. The highest BCUT2D eigenvalue weighted by atomic mass is 16.1. The smallest absolute Gasteiger partial charge is 0.254 e. The van der Waals surface area contributed by atoms with Gasteiger partial charge in [0.1, 0.15) is 0 Å². The van der Waals surface area contributed by atoms with Crippen LogP contribution in [0.25, 0.3) is 0 Å². The molecule has 1 N–H and O–H groups in total. The van der Waals surface area contributed by atoms with E-state index in [9.17, 15) is 4.79 Å². The molecule has 6 heteroatoms. The maximum Gasteiger partial charge on any atom is 0.254 e.